The van der Waals surface area contributed by atoms with Crippen molar-refractivity contribution in [2.24, 2.45) is 0 Å². The quantitative estimate of drug-likeness (QED) is 0.572. The van der Waals surface area contributed by atoms with Crippen molar-refractivity contribution in [2.75, 3.05) is 5.32 Å². The fraction of sp³-hybridized carbons (Fsp3) is 0.240. The van der Waals surface area contributed by atoms with Crippen LogP contribution in [0.15, 0.2) is 71.3 Å². The first kappa shape index (κ1) is 22.1. The maximum absolute atomic E-state index is 13.3. The molecule has 2 heterocycles. The molecule has 2 aromatic carbocycles. The molecule has 0 bridgehead atoms. The van der Waals surface area contributed by atoms with Gasteiger partial charge in [0.15, 0.2) is 12.1 Å². The molecular weight excluding hydrogens is 422 g/mol. The van der Waals surface area contributed by atoms with Gasteiger partial charge in [0.05, 0.1) is 19.4 Å². The molecule has 8 nitrogen and oxygen atoms in total. The fourth-order valence-electron chi connectivity index (χ4n) is 3.79. The van der Waals surface area contributed by atoms with E-state index in [1.807, 2.05) is 31.2 Å². The number of cyclic esters (lactones) is 1. The Morgan fingerprint density at radius 3 is 2.55 bits per heavy atom. The Labute approximate surface area is 191 Å². The number of amides is 3. The predicted octanol–water partition coefficient (Wildman–Crippen LogP) is 3.92. The van der Waals surface area contributed by atoms with Crippen LogP contribution in [-0.2, 0) is 27.4 Å². The third-order valence-electron chi connectivity index (χ3n) is 5.38. The Hall–Kier alpha value is -4.07. The summed E-state index contributed by atoms with van der Waals surface area (Å²) in [6.07, 6.45) is 0.112. The standard InChI is InChI=1S/C25H25N3O5/c1-16-8-10-18(11-9-16)15-28-22(24(30)26-14-21-7-4-12-32-21)23(33-25(28)31)19-5-3-6-20(13-19)27-17(2)29/h3-13,22-23H,14-15H2,1-2H3,(H,26,30)(H,27,29). The number of nitrogens with zero attached hydrogens (tertiary/aromatic N) is 1. The number of ether oxygens (including phenoxy) is 1. The van der Waals surface area contributed by atoms with E-state index in [2.05, 4.69) is 10.6 Å². The Kier molecular flexibility index (Phi) is 6.44. The van der Waals surface area contributed by atoms with Gasteiger partial charge in [-0.05, 0) is 42.3 Å². The summed E-state index contributed by atoms with van der Waals surface area (Å²) in [5, 5.41) is 5.56. The van der Waals surface area contributed by atoms with E-state index in [4.69, 9.17) is 9.15 Å². The number of anilines is 1. The molecule has 2 N–H and O–H groups in total. The number of carbonyl (C=O) groups is 3. The summed E-state index contributed by atoms with van der Waals surface area (Å²) >= 11 is 0. The molecule has 1 aliphatic heterocycles. The second kappa shape index (κ2) is 9.60. The van der Waals surface area contributed by atoms with Crippen LogP contribution in [0.3, 0.4) is 0 Å². The highest BCUT2D eigenvalue weighted by atomic mass is 16.6. The van der Waals surface area contributed by atoms with Crippen LogP contribution in [0, 0.1) is 6.92 Å². The Bertz CT molecular complexity index is 1140. The van der Waals surface area contributed by atoms with Gasteiger partial charge < -0.3 is 19.8 Å². The van der Waals surface area contributed by atoms with Crippen molar-refractivity contribution in [2.45, 2.75) is 39.1 Å². The SMILES string of the molecule is CC(=O)Nc1cccc(C2OC(=O)N(Cc3ccc(C)cc3)C2C(=O)NCc2ccco2)c1. The minimum Gasteiger partial charge on any atom is -0.467 e. The molecule has 0 saturated carbocycles. The van der Waals surface area contributed by atoms with Gasteiger partial charge in [0.25, 0.3) is 0 Å². The summed E-state index contributed by atoms with van der Waals surface area (Å²) in [7, 11) is 0. The second-order valence-corrected chi connectivity index (χ2v) is 7.97. The fourth-order valence-corrected chi connectivity index (χ4v) is 3.79. The minimum atomic E-state index is -0.902. The van der Waals surface area contributed by atoms with Crippen LogP contribution in [0.2, 0.25) is 0 Å². The number of hydrogen-bond acceptors (Lipinski definition) is 5. The predicted molar refractivity (Wildman–Crippen MR) is 121 cm³/mol. The molecule has 170 valence electrons. The molecule has 1 fully saturated rings. The molecule has 2 atom stereocenters. The van der Waals surface area contributed by atoms with E-state index in [9.17, 15) is 14.4 Å². The van der Waals surface area contributed by atoms with E-state index < -0.39 is 18.2 Å². The smallest absolute Gasteiger partial charge is 0.411 e. The molecule has 2 unspecified atom stereocenters. The average molecular weight is 447 g/mol. The summed E-state index contributed by atoms with van der Waals surface area (Å²) < 4.78 is 11.0. The van der Waals surface area contributed by atoms with Crippen LogP contribution in [0.4, 0.5) is 10.5 Å². The van der Waals surface area contributed by atoms with Crippen LogP contribution >= 0.6 is 0 Å². The normalized spacial score (nSPS) is 17.5. The minimum absolute atomic E-state index is 0.188. The van der Waals surface area contributed by atoms with Crippen molar-refractivity contribution in [1.29, 1.82) is 0 Å². The molecular formula is C25H25N3O5. The number of furan rings is 1. The highest BCUT2D eigenvalue weighted by molar-refractivity contribution is 5.90. The lowest BCUT2D eigenvalue weighted by atomic mass is 10.00. The van der Waals surface area contributed by atoms with E-state index in [-0.39, 0.29) is 24.9 Å². The molecule has 4 rings (SSSR count). The van der Waals surface area contributed by atoms with Gasteiger partial charge in [0.2, 0.25) is 11.8 Å². The van der Waals surface area contributed by atoms with Crippen LogP contribution in [0.25, 0.3) is 0 Å². The van der Waals surface area contributed by atoms with E-state index >= 15 is 0 Å². The molecule has 1 aliphatic rings. The summed E-state index contributed by atoms with van der Waals surface area (Å²) in [4.78, 5) is 39.1. The summed E-state index contributed by atoms with van der Waals surface area (Å²) in [6.45, 7) is 3.81. The van der Waals surface area contributed by atoms with Gasteiger partial charge in [-0.25, -0.2) is 4.79 Å². The summed E-state index contributed by atoms with van der Waals surface area (Å²) in [5.74, 6) is 0.0199. The van der Waals surface area contributed by atoms with E-state index in [1.54, 1.807) is 36.4 Å². The number of hydrogen-bond donors (Lipinski definition) is 2. The number of carbonyl (C=O) groups excluding carboxylic acids is 3. The van der Waals surface area contributed by atoms with Crippen LogP contribution in [-0.4, -0.2) is 28.8 Å². The van der Waals surface area contributed by atoms with Crippen LogP contribution in [0.1, 0.15) is 35.5 Å². The molecule has 3 aromatic rings. The van der Waals surface area contributed by atoms with Gasteiger partial charge in [0.1, 0.15) is 5.76 Å². The zero-order valence-electron chi connectivity index (χ0n) is 18.4. The van der Waals surface area contributed by atoms with Crippen molar-refractivity contribution < 1.29 is 23.5 Å². The second-order valence-electron chi connectivity index (χ2n) is 7.97. The first-order chi connectivity index (χ1) is 15.9. The van der Waals surface area contributed by atoms with E-state index in [0.717, 1.165) is 11.1 Å². The Morgan fingerprint density at radius 2 is 1.85 bits per heavy atom. The number of rotatable bonds is 7. The maximum atomic E-state index is 13.3. The molecule has 33 heavy (non-hydrogen) atoms. The van der Waals surface area contributed by atoms with Crippen LogP contribution < -0.4 is 10.6 Å². The van der Waals surface area contributed by atoms with E-state index in [1.165, 1.54) is 18.1 Å². The van der Waals surface area contributed by atoms with Crippen molar-refractivity contribution in [3.05, 3.63) is 89.4 Å². The average Bonchev–Trinajstić information content (AvgIpc) is 3.42. The highest BCUT2D eigenvalue weighted by Gasteiger charge is 2.47. The van der Waals surface area contributed by atoms with Gasteiger partial charge in [-0.1, -0.05) is 42.0 Å². The monoisotopic (exact) mass is 447 g/mol. The molecule has 0 spiro atoms. The lowest BCUT2D eigenvalue weighted by Crippen LogP contribution is -2.46. The first-order valence-electron chi connectivity index (χ1n) is 10.6. The molecule has 3 amide bonds. The molecule has 1 aromatic heterocycles. The van der Waals surface area contributed by atoms with Crippen LogP contribution in [0.5, 0.6) is 0 Å². The van der Waals surface area contributed by atoms with Gasteiger partial charge in [-0.15, -0.1) is 0 Å². The molecule has 0 radical (unpaired) electrons. The molecule has 8 heteroatoms. The largest absolute Gasteiger partial charge is 0.467 e. The zero-order chi connectivity index (χ0) is 23.4. The molecule has 1 saturated heterocycles. The lowest BCUT2D eigenvalue weighted by molar-refractivity contribution is -0.126. The first-order valence-corrected chi connectivity index (χ1v) is 10.6. The topological polar surface area (TPSA) is 101 Å². The highest BCUT2D eigenvalue weighted by Crippen LogP contribution is 2.35. The van der Waals surface area contributed by atoms with E-state index in [0.29, 0.717) is 17.0 Å². The Balaban J connectivity index is 1.62. The number of benzene rings is 2. The Morgan fingerprint density at radius 1 is 1.06 bits per heavy atom. The third-order valence-corrected chi connectivity index (χ3v) is 5.38. The van der Waals surface area contributed by atoms with Gasteiger partial charge in [-0.2, -0.15) is 0 Å². The number of nitrogens with one attached hydrogen (secondary N) is 2. The van der Waals surface area contributed by atoms with Gasteiger partial charge >= 0.3 is 6.09 Å². The van der Waals surface area contributed by atoms with Crippen molar-refractivity contribution in [3.63, 3.8) is 0 Å². The molecule has 0 aliphatic carbocycles. The maximum Gasteiger partial charge on any atom is 0.411 e. The van der Waals surface area contributed by atoms with Gasteiger partial charge in [-0.3, -0.25) is 14.5 Å². The van der Waals surface area contributed by atoms with Crippen molar-refractivity contribution in [1.82, 2.24) is 10.2 Å². The summed E-state index contributed by atoms with van der Waals surface area (Å²) in [5.41, 5.74) is 3.15. The van der Waals surface area contributed by atoms with Crippen molar-refractivity contribution in [3.8, 4) is 0 Å². The lowest BCUT2D eigenvalue weighted by Gasteiger charge is -2.24. The number of aryl methyl sites for hydroxylation is 1. The van der Waals surface area contributed by atoms with Gasteiger partial charge in [0, 0.05) is 12.6 Å². The summed E-state index contributed by atoms with van der Waals surface area (Å²) in [6, 6.07) is 17.3. The van der Waals surface area contributed by atoms with Crippen molar-refractivity contribution >= 4 is 23.6 Å². The third kappa shape index (κ3) is 5.23. The zero-order valence-corrected chi connectivity index (χ0v) is 18.4.